The van der Waals surface area contributed by atoms with Crippen LogP contribution in [0.15, 0.2) is 91.0 Å². The second-order valence-electron chi connectivity index (χ2n) is 10.0. The number of hydrogen-bond donors (Lipinski definition) is 0. The predicted octanol–water partition coefficient (Wildman–Crippen LogP) is 6.37. The lowest BCUT2D eigenvalue weighted by molar-refractivity contribution is 0.0519. The fraction of sp³-hybridized carbons (Fsp3) is 0.242. The standard InChI is InChI=1S/C33H32N4O3/c1-3-39-33(38)30-20-29(31-23(2)35-37(32(31)34-30)27-12-8-5-9-13-27)25-14-16-26(17-15-25)36-19-18-28(21-36)40-22-24-10-6-4-7-11-24/h4-17,20,28H,3,18-19,21-22H2,1-2H3. The average molecular weight is 533 g/mol. The molecule has 7 nitrogen and oxygen atoms in total. The summed E-state index contributed by atoms with van der Waals surface area (Å²) >= 11 is 0. The highest BCUT2D eigenvalue weighted by Gasteiger charge is 2.24. The van der Waals surface area contributed by atoms with Crippen molar-refractivity contribution in [3.8, 4) is 16.8 Å². The molecule has 1 unspecified atom stereocenters. The second-order valence-corrected chi connectivity index (χ2v) is 10.0. The lowest BCUT2D eigenvalue weighted by Crippen LogP contribution is -2.22. The summed E-state index contributed by atoms with van der Waals surface area (Å²) in [6, 6.07) is 30.5. The number of carbonyl (C=O) groups is 1. The molecule has 202 valence electrons. The molecular weight excluding hydrogens is 500 g/mol. The highest BCUT2D eigenvalue weighted by molar-refractivity contribution is 6.00. The van der Waals surface area contributed by atoms with E-state index in [0.29, 0.717) is 12.3 Å². The number of pyridine rings is 1. The molecule has 1 aliphatic heterocycles. The lowest BCUT2D eigenvalue weighted by Gasteiger charge is -2.19. The molecule has 0 saturated carbocycles. The van der Waals surface area contributed by atoms with Crippen molar-refractivity contribution in [1.82, 2.24) is 14.8 Å². The minimum atomic E-state index is -0.445. The maximum absolute atomic E-state index is 12.8. The SMILES string of the molecule is CCOC(=O)c1cc(-c2ccc(N3CCC(OCc4ccccc4)C3)cc2)c2c(C)nn(-c3ccccc3)c2n1. The second kappa shape index (κ2) is 11.3. The number of carbonyl (C=O) groups excluding carboxylic acids is 1. The van der Waals surface area contributed by atoms with E-state index >= 15 is 0 Å². The van der Waals surface area contributed by atoms with Crippen LogP contribution in [0.5, 0.6) is 0 Å². The molecule has 0 spiro atoms. The Balaban J connectivity index is 1.29. The number of ether oxygens (including phenoxy) is 2. The van der Waals surface area contributed by atoms with Crippen LogP contribution < -0.4 is 4.90 Å². The molecule has 0 amide bonds. The molecule has 1 fully saturated rings. The monoisotopic (exact) mass is 532 g/mol. The Labute approximate surface area is 234 Å². The molecular formula is C33H32N4O3. The molecule has 0 bridgehead atoms. The van der Waals surface area contributed by atoms with E-state index in [0.717, 1.165) is 53.1 Å². The van der Waals surface area contributed by atoms with Crippen LogP contribution in [-0.2, 0) is 16.1 Å². The molecule has 0 N–H and O–H groups in total. The lowest BCUT2D eigenvalue weighted by atomic mass is 10.0. The zero-order chi connectivity index (χ0) is 27.5. The van der Waals surface area contributed by atoms with Gasteiger partial charge < -0.3 is 14.4 Å². The van der Waals surface area contributed by atoms with Crippen molar-refractivity contribution in [3.05, 3.63) is 108 Å². The zero-order valence-electron chi connectivity index (χ0n) is 22.8. The number of rotatable bonds is 8. The summed E-state index contributed by atoms with van der Waals surface area (Å²) in [4.78, 5) is 19.9. The van der Waals surface area contributed by atoms with Gasteiger partial charge in [-0.2, -0.15) is 5.10 Å². The summed E-state index contributed by atoms with van der Waals surface area (Å²) in [6.45, 7) is 6.51. The molecule has 0 radical (unpaired) electrons. The van der Waals surface area contributed by atoms with Crippen LogP contribution in [0.2, 0.25) is 0 Å². The number of esters is 1. The summed E-state index contributed by atoms with van der Waals surface area (Å²) in [5.74, 6) is -0.445. The van der Waals surface area contributed by atoms with Crippen LogP contribution in [-0.4, -0.2) is 46.5 Å². The number of fused-ring (bicyclic) bond motifs is 1. The van der Waals surface area contributed by atoms with Gasteiger partial charge in [0.2, 0.25) is 0 Å². The van der Waals surface area contributed by atoms with Gasteiger partial charge in [-0.3, -0.25) is 0 Å². The minimum Gasteiger partial charge on any atom is -0.461 e. The topological polar surface area (TPSA) is 69.5 Å². The van der Waals surface area contributed by atoms with Gasteiger partial charge in [-0.1, -0.05) is 60.7 Å². The molecule has 0 aliphatic carbocycles. The van der Waals surface area contributed by atoms with E-state index in [4.69, 9.17) is 19.6 Å². The molecule has 1 aliphatic rings. The Kier molecular flexibility index (Phi) is 7.29. The van der Waals surface area contributed by atoms with Crippen LogP contribution in [0, 0.1) is 6.92 Å². The first-order valence-electron chi connectivity index (χ1n) is 13.7. The van der Waals surface area contributed by atoms with Crippen LogP contribution in [0.3, 0.4) is 0 Å². The zero-order valence-corrected chi connectivity index (χ0v) is 22.8. The molecule has 3 aromatic carbocycles. The molecule has 1 saturated heterocycles. The number of hydrogen-bond acceptors (Lipinski definition) is 6. The van der Waals surface area contributed by atoms with Crippen LogP contribution in [0.25, 0.3) is 27.8 Å². The van der Waals surface area contributed by atoms with E-state index in [9.17, 15) is 4.79 Å². The third-order valence-corrected chi connectivity index (χ3v) is 7.32. The average Bonchev–Trinajstić information content (AvgIpc) is 3.61. The Hall–Kier alpha value is -4.49. The molecule has 5 aromatic rings. The van der Waals surface area contributed by atoms with E-state index in [2.05, 4.69) is 41.3 Å². The number of benzene rings is 3. The first kappa shape index (κ1) is 25.8. The molecule has 1 atom stereocenters. The third-order valence-electron chi connectivity index (χ3n) is 7.32. The number of aryl methyl sites for hydroxylation is 1. The van der Waals surface area contributed by atoms with E-state index < -0.39 is 5.97 Å². The molecule has 7 heteroatoms. The number of para-hydroxylation sites is 1. The highest BCUT2D eigenvalue weighted by atomic mass is 16.5. The van der Waals surface area contributed by atoms with E-state index in [1.54, 1.807) is 11.6 Å². The summed E-state index contributed by atoms with van der Waals surface area (Å²) in [7, 11) is 0. The Bertz CT molecular complexity index is 1620. The van der Waals surface area contributed by atoms with Gasteiger partial charge in [0.05, 0.1) is 36.1 Å². The minimum absolute atomic E-state index is 0.207. The van der Waals surface area contributed by atoms with Gasteiger partial charge in [0.25, 0.3) is 0 Å². The van der Waals surface area contributed by atoms with Crippen molar-refractivity contribution < 1.29 is 14.3 Å². The maximum Gasteiger partial charge on any atom is 0.357 e. The fourth-order valence-corrected chi connectivity index (χ4v) is 5.31. The van der Waals surface area contributed by atoms with Crippen LogP contribution in [0.1, 0.15) is 35.1 Å². The van der Waals surface area contributed by atoms with Gasteiger partial charge >= 0.3 is 5.97 Å². The van der Waals surface area contributed by atoms with Gasteiger partial charge in [-0.05, 0) is 67.3 Å². The first-order valence-corrected chi connectivity index (χ1v) is 13.7. The summed E-state index contributed by atoms with van der Waals surface area (Å²) < 4.78 is 13.3. The predicted molar refractivity (Wildman–Crippen MR) is 157 cm³/mol. The van der Waals surface area contributed by atoms with Gasteiger partial charge in [-0.15, -0.1) is 0 Å². The summed E-state index contributed by atoms with van der Waals surface area (Å²) in [6.07, 6.45) is 1.21. The first-order chi connectivity index (χ1) is 19.6. The number of nitrogens with zero attached hydrogens (tertiary/aromatic N) is 4. The normalized spacial score (nSPS) is 15.1. The Morgan fingerprint density at radius 3 is 2.40 bits per heavy atom. The van der Waals surface area contributed by atoms with Gasteiger partial charge in [-0.25, -0.2) is 14.5 Å². The molecule has 40 heavy (non-hydrogen) atoms. The van der Waals surface area contributed by atoms with Crippen molar-refractivity contribution in [3.63, 3.8) is 0 Å². The quantitative estimate of drug-likeness (QED) is 0.216. The number of aromatic nitrogens is 3. The van der Waals surface area contributed by atoms with Crippen LogP contribution >= 0.6 is 0 Å². The maximum atomic E-state index is 12.8. The Morgan fingerprint density at radius 2 is 1.68 bits per heavy atom. The highest BCUT2D eigenvalue weighted by Crippen LogP contribution is 2.34. The van der Waals surface area contributed by atoms with Gasteiger partial charge in [0, 0.05) is 18.8 Å². The molecule has 3 heterocycles. The summed E-state index contributed by atoms with van der Waals surface area (Å²) in [5.41, 5.74) is 6.88. The Morgan fingerprint density at radius 1 is 0.950 bits per heavy atom. The van der Waals surface area contributed by atoms with Gasteiger partial charge in [0.15, 0.2) is 11.3 Å². The van der Waals surface area contributed by atoms with Crippen molar-refractivity contribution in [2.24, 2.45) is 0 Å². The van der Waals surface area contributed by atoms with E-state index in [1.807, 2.05) is 61.5 Å². The number of anilines is 1. The van der Waals surface area contributed by atoms with Crippen molar-refractivity contribution in [2.45, 2.75) is 33.0 Å². The van der Waals surface area contributed by atoms with Gasteiger partial charge in [0.1, 0.15) is 0 Å². The summed E-state index contributed by atoms with van der Waals surface area (Å²) in [5, 5.41) is 5.72. The third kappa shape index (κ3) is 5.20. The smallest absolute Gasteiger partial charge is 0.357 e. The van der Waals surface area contributed by atoms with E-state index in [1.165, 1.54) is 5.56 Å². The molecule has 2 aromatic heterocycles. The molecule has 6 rings (SSSR count). The van der Waals surface area contributed by atoms with Crippen molar-refractivity contribution in [1.29, 1.82) is 0 Å². The van der Waals surface area contributed by atoms with E-state index in [-0.39, 0.29) is 18.4 Å². The van der Waals surface area contributed by atoms with Crippen molar-refractivity contribution >= 4 is 22.7 Å². The largest absolute Gasteiger partial charge is 0.461 e. The fourth-order valence-electron chi connectivity index (χ4n) is 5.31. The van der Waals surface area contributed by atoms with Crippen LogP contribution in [0.4, 0.5) is 5.69 Å². The van der Waals surface area contributed by atoms with Crippen molar-refractivity contribution in [2.75, 3.05) is 24.6 Å².